The lowest BCUT2D eigenvalue weighted by Gasteiger charge is -2.20. The number of aromatic nitrogens is 2. The molecule has 1 aromatic carbocycles. The van der Waals surface area contributed by atoms with E-state index in [4.69, 9.17) is 32.7 Å². The number of pyridine rings is 2. The molecule has 2 aromatic heterocycles. The van der Waals surface area contributed by atoms with E-state index < -0.39 is 61.6 Å². The number of carbonyl (C=O) groups is 2. The zero-order valence-corrected chi connectivity index (χ0v) is 24.0. The fourth-order valence-corrected chi connectivity index (χ4v) is 4.63. The van der Waals surface area contributed by atoms with Crippen LogP contribution in [0.3, 0.4) is 0 Å². The van der Waals surface area contributed by atoms with Crippen LogP contribution in [-0.4, -0.2) is 48.5 Å². The molecule has 0 aliphatic rings. The van der Waals surface area contributed by atoms with Gasteiger partial charge in [-0.3, -0.25) is 10.1 Å². The summed E-state index contributed by atoms with van der Waals surface area (Å²) in [5.74, 6) is -1.78. The molecule has 0 saturated carbocycles. The number of amides is 1. The summed E-state index contributed by atoms with van der Waals surface area (Å²) >= 11 is 11.6. The summed E-state index contributed by atoms with van der Waals surface area (Å²) in [7, 11) is -4.31. The first kappa shape index (κ1) is 32.1. The van der Waals surface area contributed by atoms with Gasteiger partial charge in [-0.05, 0) is 57.2 Å². The van der Waals surface area contributed by atoms with E-state index in [1.807, 2.05) is 0 Å². The van der Waals surface area contributed by atoms with Crippen molar-refractivity contribution in [1.82, 2.24) is 9.97 Å². The maximum absolute atomic E-state index is 13.4. The van der Waals surface area contributed by atoms with Gasteiger partial charge in [-0.1, -0.05) is 23.2 Å². The highest BCUT2D eigenvalue weighted by molar-refractivity contribution is 7.91. The Balaban J connectivity index is 1.75. The quantitative estimate of drug-likeness (QED) is 0.160. The Morgan fingerprint density at radius 3 is 2.41 bits per heavy atom. The molecule has 0 radical (unpaired) electrons. The van der Waals surface area contributed by atoms with E-state index in [0.29, 0.717) is 6.07 Å². The minimum atomic E-state index is -4.86. The van der Waals surface area contributed by atoms with Crippen molar-refractivity contribution < 1.29 is 40.7 Å². The lowest BCUT2D eigenvalue weighted by Crippen LogP contribution is -2.28. The first-order valence-electron chi connectivity index (χ1n) is 11.5. The minimum Gasteiger partial charge on any atom is -0.444 e. The number of carbonyl (C=O) groups excluding carboxylic acids is 2. The monoisotopic (exact) mass is 634 g/mol. The molecule has 41 heavy (non-hydrogen) atoms. The summed E-state index contributed by atoms with van der Waals surface area (Å²) in [4.78, 5) is 33.0. The van der Waals surface area contributed by atoms with Crippen molar-refractivity contribution in [2.45, 2.75) is 37.4 Å². The lowest BCUT2D eigenvalue weighted by molar-refractivity contribution is -0.137. The average molecular weight is 635 g/mol. The van der Waals surface area contributed by atoms with Crippen LogP contribution in [0.15, 0.2) is 53.7 Å². The smallest absolute Gasteiger partial charge is 0.417 e. The van der Waals surface area contributed by atoms with E-state index in [-0.39, 0.29) is 27.8 Å². The van der Waals surface area contributed by atoms with Gasteiger partial charge in [-0.25, -0.2) is 23.2 Å². The van der Waals surface area contributed by atoms with Gasteiger partial charge in [-0.15, -0.1) is 0 Å². The number of ketones is 1. The molecule has 0 saturated heterocycles. The van der Waals surface area contributed by atoms with Gasteiger partial charge in [0.05, 0.1) is 31.8 Å². The number of ether oxygens (including phenoxy) is 2. The zero-order valence-electron chi connectivity index (χ0n) is 21.7. The number of hydrogen-bond donors (Lipinski definition) is 2. The molecule has 3 aromatic rings. The third kappa shape index (κ3) is 8.76. The van der Waals surface area contributed by atoms with Gasteiger partial charge in [0.1, 0.15) is 23.8 Å². The molecule has 0 fully saturated rings. The van der Waals surface area contributed by atoms with Crippen molar-refractivity contribution in [2.24, 2.45) is 0 Å². The second-order valence-electron chi connectivity index (χ2n) is 9.30. The Morgan fingerprint density at radius 1 is 1.05 bits per heavy atom. The Morgan fingerprint density at radius 2 is 1.76 bits per heavy atom. The molecule has 16 heteroatoms. The molecule has 0 aliphatic heterocycles. The van der Waals surface area contributed by atoms with Crippen molar-refractivity contribution >= 4 is 56.4 Å². The molecular weight excluding hydrogens is 612 g/mol. The van der Waals surface area contributed by atoms with Crippen LogP contribution in [0.4, 0.5) is 29.5 Å². The predicted molar refractivity (Wildman–Crippen MR) is 145 cm³/mol. The fourth-order valence-electron chi connectivity index (χ4n) is 3.23. The van der Waals surface area contributed by atoms with Crippen molar-refractivity contribution in [2.75, 3.05) is 23.3 Å². The molecule has 10 nitrogen and oxygen atoms in total. The molecule has 0 atom stereocenters. The van der Waals surface area contributed by atoms with E-state index in [1.165, 1.54) is 30.6 Å². The summed E-state index contributed by atoms with van der Waals surface area (Å²) in [5, 5.41) is 4.56. The van der Waals surface area contributed by atoms with Crippen molar-refractivity contribution in [3.63, 3.8) is 0 Å². The van der Waals surface area contributed by atoms with Crippen LogP contribution in [0.2, 0.25) is 10.0 Å². The molecule has 0 unspecified atom stereocenters. The van der Waals surface area contributed by atoms with E-state index in [0.717, 1.165) is 12.1 Å². The second-order valence-corrected chi connectivity index (χ2v) is 12.1. The summed E-state index contributed by atoms with van der Waals surface area (Å²) in [5.41, 5.74) is -2.28. The van der Waals surface area contributed by atoms with Crippen LogP contribution in [0, 0.1) is 0 Å². The number of hydrogen-bond acceptors (Lipinski definition) is 9. The van der Waals surface area contributed by atoms with Crippen molar-refractivity contribution in [3.8, 4) is 0 Å². The Bertz CT molecular complexity index is 1560. The molecule has 0 bridgehead atoms. The molecular formula is C25H23Cl2F3N4O6S. The molecule has 2 N–H and O–H groups in total. The highest BCUT2D eigenvalue weighted by atomic mass is 35.5. The number of anilines is 2. The first-order chi connectivity index (χ1) is 19.0. The highest BCUT2D eigenvalue weighted by Crippen LogP contribution is 2.36. The third-order valence-corrected chi connectivity index (χ3v) is 6.93. The van der Waals surface area contributed by atoms with Crippen LogP contribution in [-0.2, 0) is 25.5 Å². The zero-order chi connectivity index (χ0) is 30.6. The fraction of sp³-hybridized carbons (Fsp3) is 0.280. The predicted octanol–water partition coefficient (Wildman–Crippen LogP) is 6.20. The van der Waals surface area contributed by atoms with E-state index in [9.17, 15) is 31.2 Å². The number of rotatable bonds is 9. The van der Waals surface area contributed by atoms with Gasteiger partial charge in [0.25, 0.3) is 0 Å². The van der Waals surface area contributed by atoms with Crippen molar-refractivity contribution in [1.29, 1.82) is 0 Å². The number of halogens is 5. The summed E-state index contributed by atoms with van der Waals surface area (Å²) < 4.78 is 74.8. The van der Waals surface area contributed by atoms with E-state index in [1.54, 1.807) is 20.8 Å². The van der Waals surface area contributed by atoms with Crippen LogP contribution in [0.1, 0.15) is 42.4 Å². The number of sulfone groups is 1. The standard InChI is InChI=1S/C25H23Cl2F3N4O6S/c1-24(2,3)40-23(36)34-22-16(5-4-8-31-22)21(35)20-19(9-14(26)11-32-20)33-12-39-13-41(37,38)15-6-7-18(27)17(10-15)25(28,29)30/h4-11,33H,12-13H2,1-3H3,(H,31,34,36). The Kier molecular flexibility index (Phi) is 9.85. The molecule has 3 rings (SSSR count). The summed E-state index contributed by atoms with van der Waals surface area (Å²) in [6, 6.07) is 6.36. The van der Waals surface area contributed by atoms with E-state index in [2.05, 4.69) is 20.6 Å². The first-order valence-corrected chi connectivity index (χ1v) is 13.9. The summed E-state index contributed by atoms with van der Waals surface area (Å²) in [6.07, 6.45) is -3.15. The van der Waals surface area contributed by atoms with Gasteiger partial charge in [0, 0.05) is 12.4 Å². The molecule has 220 valence electrons. The SMILES string of the molecule is CC(C)(C)OC(=O)Nc1ncccc1C(=O)c1ncc(Cl)cc1NCOCS(=O)(=O)c1ccc(Cl)c(C(F)(F)F)c1. The van der Waals surface area contributed by atoms with Gasteiger partial charge in [0.15, 0.2) is 5.94 Å². The van der Waals surface area contributed by atoms with Crippen LogP contribution < -0.4 is 10.6 Å². The second kappa shape index (κ2) is 12.6. The highest BCUT2D eigenvalue weighted by Gasteiger charge is 2.34. The van der Waals surface area contributed by atoms with Crippen LogP contribution in [0.5, 0.6) is 0 Å². The van der Waals surface area contributed by atoms with Gasteiger partial charge in [-0.2, -0.15) is 13.2 Å². The average Bonchev–Trinajstić information content (AvgIpc) is 2.85. The van der Waals surface area contributed by atoms with Gasteiger partial charge < -0.3 is 14.8 Å². The number of alkyl halides is 3. The van der Waals surface area contributed by atoms with Crippen molar-refractivity contribution in [3.05, 3.63) is 75.7 Å². The molecule has 1 amide bonds. The maximum Gasteiger partial charge on any atom is 0.417 e. The topological polar surface area (TPSA) is 137 Å². The molecule has 2 heterocycles. The van der Waals surface area contributed by atoms with Gasteiger partial charge in [0.2, 0.25) is 15.6 Å². The number of nitrogens with zero attached hydrogens (tertiary/aromatic N) is 2. The minimum absolute atomic E-state index is 0.0389. The maximum atomic E-state index is 13.4. The Hall–Kier alpha value is -3.46. The molecule has 0 spiro atoms. The normalized spacial score (nSPS) is 12.1. The number of nitrogens with one attached hydrogen (secondary N) is 2. The summed E-state index contributed by atoms with van der Waals surface area (Å²) in [6.45, 7) is 4.48. The lowest BCUT2D eigenvalue weighted by atomic mass is 10.1. The van der Waals surface area contributed by atoms with Gasteiger partial charge >= 0.3 is 12.3 Å². The largest absolute Gasteiger partial charge is 0.444 e. The Labute approximate surface area is 243 Å². The van der Waals surface area contributed by atoms with Crippen LogP contribution in [0.25, 0.3) is 0 Å². The van der Waals surface area contributed by atoms with Crippen LogP contribution >= 0.6 is 23.2 Å². The number of benzene rings is 1. The third-order valence-electron chi connectivity index (χ3n) is 4.95. The molecule has 0 aliphatic carbocycles. The van der Waals surface area contributed by atoms with E-state index >= 15 is 0 Å².